The molecule has 6 heteroatoms. The maximum Gasteiger partial charge on any atom is 0.291 e. The van der Waals surface area contributed by atoms with Gasteiger partial charge in [0.25, 0.3) is 5.91 Å². The zero-order valence-corrected chi connectivity index (χ0v) is 15.1. The van der Waals surface area contributed by atoms with Crippen LogP contribution in [0.25, 0.3) is 0 Å². The molecule has 0 saturated carbocycles. The van der Waals surface area contributed by atoms with Gasteiger partial charge in [0.15, 0.2) is 0 Å². The molecule has 1 aromatic carbocycles. The monoisotopic (exact) mass is 358 g/mol. The van der Waals surface area contributed by atoms with E-state index in [-0.39, 0.29) is 5.91 Å². The number of fused-ring (bicyclic) bond motifs is 1. The highest BCUT2D eigenvalue weighted by molar-refractivity contribution is 6.30. The standard InChI is InChI=1S/C19H23ClN4O/c20-16-7-5-14(6-8-16)12-15-9-11-23(13-15)19(25)18-22-21-17-4-2-1-3-10-24(17)18/h5-8,15H,1-4,9-13H2. The topological polar surface area (TPSA) is 51.0 Å². The number of halogens is 1. The summed E-state index contributed by atoms with van der Waals surface area (Å²) in [7, 11) is 0. The van der Waals surface area contributed by atoms with Gasteiger partial charge in [-0.15, -0.1) is 10.2 Å². The Labute approximate surface area is 153 Å². The Balaban J connectivity index is 1.42. The first-order chi connectivity index (χ1) is 12.2. The maximum atomic E-state index is 12.9. The van der Waals surface area contributed by atoms with E-state index in [2.05, 4.69) is 22.3 Å². The van der Waals surface area contributed by atoms with E-state index in [1.54, 1.807) is 0 Å². The van der Waals surface area contributed by atoms with Crippen molar-refractivity contribution in [2.24, 2.45) is 5.92 Å². The lowest BCUT2D eigenvalue weighted by Gasteiger charge is -2.17. The lowest BCUT2D eigenvalue weighted by Crippen LogP contribution is -2.31. The van der Waals surface area contributed by atoms with Gasteiger partial charge < -0.3 is 9.47 Å². The first-order valence-corrected chi connectivity index (χ1v) is 9.54. The molecule has 1 aromatic heterocycles. The van der Waals surface area contributed by atoms with Gasteiger partial charge in [-0.1, -0.05) is 30.2 Å². The minimum Gasteiger partial charge on any atom is -0.336 e. The lowest BCUT2D eigenvalue weighted by molar-refractivity contribution is 0.0769. The Morgan fingerprint density at radius 3 is 2.80 bits per heavy atom. The molecule has 3 heterocycles. The summed E-state index contributed by atoms with van der Waals surface area (Å²) >= 11 is 5.95. The quantitative estimate of drug-likeness (QED) is 0.845. The third-order valence-corrected chi connectivity index (χ3v) is 5.56. The summed E-state index contributed by atoms with van der Waals surface area (Å²) in [4.78, 5) is 14.9. The number of hydrogen-bond donors (Lipinski definition) is 0. The molecule has 1 unspecified atom stereocenters. The Morgan fingerprint density at radius 1 is 1.12 bits per heavy atom. The van der Waals surface area contributed by atoms with Crippen molar-refractivity contribution in [3.05, 3.63) is 46.5 Å². The van der Waals surface area contributed by atoms with Crippen LogP contribution >= 0.6 is 11.6 Å². The zero-order valence-electron chi connectivity index (χ0n) is 14.3. The van der Waals surface area contributed by atoms with Crippen LogP contribution < -0.4 is 0 Å². The fourth-order valence-electron chi connectivity index (χ4n) is 3.92. The molecule has 1 fully saturated rings. The van der Waals surface area contributed by atoms with E-state index >= 15 is 0 Å². The molecule has 0 bridgehead atoms. The Morgan fingerprint density at radius 2 is 1.96 bits per heavy atom. The molecule has 2 aromatic rings. The second-order valence-corrected chi connectivity index (χ2v) is 7.58. The molecule has 0 spiro atoms. The van der Waals surface area contributed by atoms with Gasteiger partial charge in [0, 0.05) is 31.1 Å². The van der Waals surface area contributed by atoms with Crippen molar-refractivity contribution >= 4 is 17.5 Å². The molecule has 4 rings (SSSR count). The SMILES string of the molecule is O=C(c1nnc2n1CCCCC2)N1CCC(Cc2ccc(Cl)cc2)C1. The number of rotatable bonds is 3. The second-order valence-electron chi connectivity index (χ2n) is 7.14. The van der Waals surface area contributed by atoms with Crippen molar-refractivity contribution in [3.8, 4) is 0 Å². The normalized spacial score (nSPS) is 20.4. The molecular formula is C19H23ClN4O. The van der Waals surface area contributed by atoms with E-state index in [0.717, 1.165) is 62.6 Å². The summed E-state index contributed by atoms with van der Waals surface area (Å²) in [5.74, 6) is 2.04. The van der Waals surface area contributed by atoms with Gasteiger partial charge in [-0.25, -0.2) is 0 Å². The van der Waals surface area contributed by atoms with Gasteiger partial charge in [0.1, 0.15) is 5.82 Å². The van der Waals surface area contributed by atoms with Crippen LogP contribution in [0.2, 0.25) is 5.02 Å². The zero-order chi connectivity index (χ0) is 17.2. The largest absolute Gasteiger partial charge is 0.336 e. The number of hydrogen-bond acceptors (Lipinski definition) is 3. The fourth-order valence-corrected chi connectivity index (χ4v) is 4.05. The van der Waals surface area contributed by atoms with E-state index in [1.165, 1.54) is 12.0 Å². The van der Waals surface area contributed by atoms with E-state index in [1.807, 2.05) is 21.6 Å². The molecule has 1 atom stereocenters. The van der Waals surface area contributed by atoms with Crippen LogP contribution in [0, 0.1) is 5.92 Å². The minimum atomic E-state index is 0.0410. The van der Waals surface area contributed by atoms with Gasteiger partial charge in [0.2, 0.25) is 5.82 Å². The van der Waals surface area contributed by atoms with Crippen molar-refractivity contribution in [2.75, 3.05) is 13.1 Å². The van der Waals surface area contributed by atoms with Crippen LogP contribution in [0.15, 0.2) is 24.3 Å². The van der Waals surface area contributed by atoms with Crippen LogP contribution in [0.1, 0.15) is 47.7 Å². The number of aryl methyl sites for hydroxylation is 1. The maximum absolute atomic E-state index is 12.9. The molecule has 2 aliphatic heterocycles. The molecule has 2 aliphatic rings. The highest BCUT2D eigenvalue weighted by Crippen LogP contribution is 2.24. The first-order valence-electron chi connectivity index (χ1n) is 9.16. The third-order valence-electron chi connectivity index (χ3n) is 5.31. The van der Waals surface area contributed by atoms with Crippen molar-refractivity contribution in [3.63, 3.8) is 0 Å². The Bertz CT molecular complexity index is 755. The van der Waals surface area contributed by atoms with Crippen molar-refractivity contribution < 1.29 is 4.79 Å². The van der Waals surface area contributed by atoms with Gasteiger partial charge in [-0.2, -0.15) is 0 Å². The second kappa shape index (κ2) is 7.16. The molecule has 1 amide bonds. The minimum absolute atomic E-state index is 0.0410. The number of benzene rings is 1. The van der Waals surface area contributed by atoms with Crippen molar-refractivity contribution in [1.29, 1.82) is 0 Å². The Hall–Kier alpha value is -1.88. The molecule has 0 N–H and O–H groups in total. The first kappa shape index (κ1) is 16.6. The molecule has 1 saturated heterocycles. The average molecular weight is 359 g/mol. The third kappa shape index (κ3) is 3.56. The molecule has 5 nitrogen and oxygen atoms in total. The predicted octanol–water partition coefficient (Wildman–Crippen LogP) is 3.36. The van der Waals surface area contributed by atoms with E-state index in [0.29, 0.717) is 11.7 Å². The van der Waals surface area contributed by atoms with Crippen LogP contribution in [0.3, 0.4) is 0 Å². The van der Waals surface area contributed by atoms with Gasteiger partial charge in [-0.3, -0.25) is 4.79 Å². The fraction of sp³-hybridized carbons (Fsp3) is 0.526. The predicted molar refractivity (Wildman–Crippen MR) is 96.7 cm³/mol. The summed E-state index contributed by atoms with van der Waals surface area (Å²) < 4.78 is 2.04. The number of nitrogens with zero attached hydrogens (tertiary/aromatic N) is 4. The summed E-state index contributed by atoms with van der Waals surface area (Å²) in [5.41, 5.74) is 1.28. The molecule has 0 aliphatic carbocycles. The molecular weight excluding hydrogens is 336 g/mol. The lowest BCUT2D eigenvalue weighted by atomic mass is 9.99. The van der Waals surface area contributed by atoms with Gasteiger partial charge in [0.05, 0.1) is 0 Å². The van der Waals surface area contributed by atoms with Crippen LogP contribution in [-0.2, 0) is 19.4 Å². The molecule has 25 heavy (non-hydrogen) atoms. The van der Waals surface area contributed by atoms with Crippen LogP contribution in [0.5, 0.6) is 0 Å². The van der Waals surface area contributed by atoms with E-state index in [9.17, 15) is 4.79 Å². The van der Waals surface area contributed by atoms with Gasteiger partial charge in [-0.05, 0) is 49.3 Å². The highest BCUT2D eigenvalue weighted by atomic mass is 35.5. The van der Waals surface area contributed by atoms with Crippen LogP contribution in [-0.4, -0.2) is 38.7 Å². The number of carbonyl (C=O) groups excluding carboxylic acids is 1. The van der Waals surface area contributed by atoms with Crippen molar-refractivity contribution in [2.45, 2.75) is 45.1 Å². The smallest absolute Gasteiger partial charge is 0.291 e. The summed E-state index contributed by atoms with van der Waals surface area (Å²) in [6.45, 7) is 2.47. The number of amides is 1. The van der Waals surface area contributed by atoms with Gasteiger partial charge >= 0.3 is 0 Å². The number of likely N-dealkylation sites (tertiary alicyclic amines) is 1. The average Bonchev–Trinajstić information content (AvgIpc) is 3.18. The summed E-state index contributed by atoms with van der Waals surface area (Å²) in [5, 5.41) is 9.23. The highest BCUT2D eigenvalue weighted by Gasteiger charge is 2.30. The summed E-state index contributed by atoms with van der Waals surface area (Å²) in [6.07, 6.45) is 6.39. The van der Waals surface area contributed by atoms with E-state index in [4.69, 9.17) is 11.6 Å². The van der Waals surface area contributed by atoms with Crippen LogP contribution in [0.4, 0.5) is 0 Å². The molecule has 0 radical (unpaired) electrons. The molecule has 132 valence electrons. The number of aromatic nitrogens is 3. The van der Waals surface area contributed by atoms with E-state index < -0.39 is 0 Å². The van der Waals surface area contributed by atoms with Crippen molar-refractivity contribution in [1.82, 2.24) is 19.7 Å². The number of carbonyl (C=O) groups is 1. The Kier molecular flexibility index (Phi) is 4.75. The summed E-state index contributed by atoms with van der Waals surface area (Å²) in [6, 6.07) is 8.01.